The Kier molecular flexibility index (Phi) is 4.59. The lowest BCUT2D eigenvalue weighted by atomic mass is 9.53. The van der Waals surface area contributed by atoms with E-state index in [0.717, 1.165) is 19.4 Å². The number of ether oxygens (including phenoxy) is 4. The lowest BCUT2D eigenvalue weighted by molar-refractivity contribution is -0.147. The number of hydrogen-bond acceptors (Lipinski definition) is 6. The summed E-state index contributed by atoms with van der Waals surface area (Å²) in [4.78, 5) is 12.5. The van der Waals surface area contributed by atoms with Gasteiger partial charge in [0, 0.05) is 33.2 Å². The molecule has 2 saturated heterocycles. The van der Waals surface area contributed by atoms with Crippen LogP contribution in [0.25, 0.3) is 0 Å². The molecule has 25 heavy (non-hydrogen) atoms. The molecule has 0 aromatic carbocycles. The maximum atomic E-state index is 12.5. The molecule has 4 fully saturated rings. The molecule has 0 radical (unpaired) electrons. The third kappa shape index (κ3) is 3.01. The Labute approximate surface area is 149 Å². The number of carbonyl (C=O) groups is 1. The maximum absolute atomic E-state index is 12.5. The highest BCUT2D eigenvalue weighted by Gasteiger charge is 2.64. The zero-order valence-electron chi connectivity index (χ0n) is 15.6. The molecular weight excluding hydrogens is 322 g/mol. The van der Waals surface area contributed by atoms with E-state index in [2.05, 4.69) is 12.2 Å². The van der Waals surface area contributed by atoms with Crippen LogP contribution in [0.1, 0.15) is 39.0 Å². The fraction of sp³-hybridized carbons (Fsp3) is 0.947. The van der Waals surface area contributed by atoms with Crippen molar-refractivity contribution in [2.75, 3.05) is 33.9 Å². The van der Waals surface area contributed by atoms with E-state index in [9.17, 15) is 4.79 Å². The lowest BCUT2D eigenvalue weighted by Crippen LogP contribution is -2.51. The number of epoxide rings is 1. The number of esters is 1. The van der Waals surface area contributed by atoms with Gasteiger partial charge in [-0.15, -0.1) is 0 Å². The van der Waals surface area contributed by atoms with Gasteiger partial charge in [-0.25, -0.2) is 0 Å². The first-order chi connectivity index (χ1) is 12.0. The van der Waals surface area contributed by atoms with Crippen molar-refractivity contribution in [2.24, 2.45) is 23.2 Å². The minimum Gasteiger partial charge on any atom is -0.462 e. The molecule has 4 aliphatic rings. The summed E-state index contributed by atoms with van der Waals surface area (Å²) in [5.74, 6) is 0.766. The summed E-state index contributed by atoms with van der Waals surface area (Å²) >= 11 is 0. The van der Waals surface area contributed by atoms with Crippen LogP contribution in [-0.2, 0) is 23.7 Å². The second-order valence-electron chi connectivity index (χ2n) is 8.66. The monoisotopic (exact) mass is 353 g/mol. The summed E-state index contributed by atoms with van der Waals surface area (Å²) in [5, 5.41) is 3.33. The first kappa shape index (κ1) is 17.7. The van der Waals surface area contributed by atoms with Crippen LogP contribution in [0.5, 0.6) is 0 Å². The van der Waals surface area contributed by atoms with Crippen LogP contribution in [0, 0.1) is 23.2 Å². The summed E-state index contributed by atoms with van der Waals surface area (Å²) in [7, 11) is 3.24. The van der Waals surface area contributed by atoms with Gasteiger partial charge in [0.15, 0.2) is 6.29 Å². The standard InChI is InChI=1S/C19H31NO5/c1-18-5-4-6-19(11-24-19)15(18)7-12-13(17(21)25-14(12)8-18)9-20-10-16(22-2)23-3/h12-16,20H,4-11H2,1-3H3/t12-,13-,14-,15-,18-,19-/m1/s1. The molecule has 0 aromatic rings. The molecule has 6 atom stereocenters. The summed E-state index contributed by atoms with van der Waals surface area (Å²) in [6.45, 7) is 4.49. The van der Waals surface area contributed by atoms with Crippen LogP contribution >= 0.6 is 0 Å². The van der Waals surface area contributed by atoms with E-state index < -0.39 is 0 Å². The average Bonchev–Trinajstić information content (AvgIpc) is 3.28. The van der Waals surface area contributed by atoms with Crippen LogP contribution in [0.15, 0.2) is 0 Å². The number of methoxy groups -OCH3 is 2. The van der Waals surface area contributed by atoms with Crippen molar-refractivity contribution in [1.29, 1.82) is 0 Å². The van der Waals surface area contributed by atoms with Crippen molar-refractivity contribution in [3.05, 3.63) is 0 Å². The van der Waals surface area contributed by atoms with Gasteiger partial charge < -0.3 is 24.3 Å². The molecule has 2 aliphatic carbocycles. The van der Waals surface area contributed by atoms with E-state index in [1.54, 1.807) is 14.2 Å². The number of fused-ring (bicyclic) bond motifs is 3. The van der Waals surface area contributed by atoms with Gasteiger partial charge in [0.05, 0.1) is 18.1 Å². The molecule has 1 spiro atoms. The SMILES string of the molecule is COC(CNC[C@H]1C(=O)O[C@@H]2C[C@@]3(C)CCC[C@@]4(CO4)[C@@H]3C[C@@H]21)OC. The van der Waals surface area contributed by atoms with E-state index >= 15 is 0 Å². The molecule has 0 bridgehead atoms. The molecule has 0 unspecified atom stereocenters. The van der Waals surface area contributed by atoms with Gasteiger partial charge in [0.2, 0.25) is 0 Å². The van der Waals surface area contributed by atoms with Crippen LogP contribution < -0.4 is 5.32 Å². The molecule has 142 valence electrons. The Bertz CT molecular complexity index is 518. The summed E-state index contributed by atoms with van der Waals surface area (Å²) in [6.07, 6.45) is 5.49. The topological polar surface area (TPSA) is 69.3 Å². The third-order valence-electron chi connectivity index (χ3n) is 7.28. The van der Waals surface area contributed by atoms with E-state index in [1.165, 1.54) is 19.3 Å². The van der Waals surface area contributed by atoms with Crippen molar-refractivity contribution in [2.45, 2.75) is 57.0 Å². The minimum absolute atomic E-state index is 0.0399. The van der Waals surface area contributed by atoms with Crippen molar-refractivity contribution >= 4 is 5.97 Å². The second-order valence-corrected chi connectivity index (χ2v) is 8.66. The first-order valence-electron chi connectivity index (χ1n) is 9.62. The molecule has 1 N–H and O–H groups in total. The zero-order chi connectivity index (χ0) is 17.7. The maximum Gasteiger partial charge on any atom is 0.310 e. The first-order valence-corrected chi connectivity index (χ1v) is 9.62. The number of nitrogens with one attached hydrogen (secondary N) is 1. The highest BCUT2D eigenvalue weighted by molar-refractivity contribution is 5.75. The van der Waals surface area contributed by atoms with E-state index in [1.807, 2.05) is 0 Å². The number of rotatable bonds is 6. The van der Waals surface area contributed by atoms with Crippen molar-refractivity contribution in [1.82, 2.24) is 5.32 Å². The molecule has 2 heterocycles. The van der Waals surface area contributed by atoms with E-state index in [4.69, 9.17) is 18.9 Å². The van der Waals surface area contributed by atoms with Gasteiger partial charge in [0.25, 0.3) is 0 Å². The molecule has 0 amide bonds. The fourth-order valence-corrected chi connectivity index (χ4v) is 5.81. The fourth-order valence-electron chi connectivity index (χ4n) is 5.81. The minimum atomic E-state index is -0.288. The molecule has 2 saturated carbocycles. The Hall–Kier alpha value is -0.690. The normalized spacial score (nSPS) is 45.4. The molecule has 6 heteroatoms. The predicted octanol–water partition coefficient (Wildman–Crippen LogP) is 1.72. The summed E-state index contributed by atoms with van der Waals surface area (Å²) in [5.41, 5.74) is 0.370. The molecule has 0 aromatic heterocycles. The zero-order valence-corrected chi connectivity index (χ0v) is 15.6. The quantitative estimate of drug-likeness (QED) is 0.445. The van der Waals surface area contributed by atoms with E-state index in [-0.39, 0.29) is 35.3 Å². The lowest BCUT2D eigenvalue weighted by Gasteiger charge is -2.51. The Balaban J connectivity index is 1.43. The van der Waals surface area contributed by atoms with Gasteiger partial charge in [-0.1, -0.05) is 6.92 Å². The highest BCUT2D eigenvalue weighted by atomic mass is 16.7. The highest BCUT2D eigenvalue weighted by Crippen LogP contribution is 2.62. The van der Waals surface area contributed by atoms with Gasteiger partial charge in [0.1, 0.15) is 6.10 Å². The second kappa shape index (κ2) is 6.48. The molecule has 6 nitrogen and oxygen atoms in total. The Morgan fingerprint density at radius 2 is 2.08 bits per heavy atom. The number of carbonyl (C=O) groups excluding carboxylic acids is 1. The smallest absolute Gasteiger partial charge is 0.310 e. The predicted molar refractivity (Wildman–Crippen MR) is 90.9 cm³/mol. The summed E-state index contributed by atoms with van der Waals surface area (Å²) < 4.78 is 22.2. The van der Waals surface area contributed by atoms with Crippen LogP contribution in [0.4, 0.5) is 0 Å². The van der Waals surface area contributed by atoms with Crippen molar-refractivity contribution < 1.29 is 23.7 Å². The van der Waals surface area contributed by atoms with Gasteiger partial charge in [-0.2, -0.15) is 0 Å². The third-order valence-corrected chi connectivity index (χ3v) is 7.28. The van der Waals surface area contributed by atoms with Crippen LogP contribution in [0.3, 0.4) is 0 Å². The van der Waals surface area contributed by atoms with Crippen LogP contribution in [-0.4, -0.2) is 57.9 Å². The van der Waals surface area contributed by atoms with Crippen molar-refractivity contribution in [3.8, 4) is 0 Å². The average molecular weight is 353 g/mol. The van der Waals surface area contributed by atoms with Gasteiger partial charge >= 0.3 is 5.97 Å². The van der Waals surface area contributed by atoms with Crippen LogP contribution in [0.2, 0.25) is 0 Å². The molecule has 2 aliphatic heterocycles. The largest absolute Gasteiger partial charge is 0.462 e. The van der Waals surface area contributed by atoms with E-state index in [0.29, 0.717) is 24.9 Å². The Morgan fingerprint density at radius 3 is 2.76 bits per heavy atom. The number of hydrogen-bond donors (Lipinski definition) is 1. The summed E-state index contributed by atoms with van der Waals surface area (Å²) in [6, 6.07) is 0. The van der Waals surface area contributed by atoms with Gasteiger partial charge in [-0.05, 0) is 43.4 Å². The van der Waals surface area contributed by atoms with Crippen molar-refractivity contribution in [3.63, 3.8) is 0 Å². The van der Waals surface area contributed by atoms with Gasteiger partial charge in [-0.3, -0.25) is 4.79 Å². The molecule has 4 rings (SSSR count). The Morgan fingerprint density at radius 1 is 1.32 bits per heavy atom. The molecular formula is C19H31NO5.